The predicted octanol–water partition coefficient (Wildman–Crippen LogP) is 2.41. The van der Waals surface area contributed by atoms with E-state index >= 15 is 0 Å². The van der Waals surface area contributed by atoms with Crippen molar-refractivity contribution in [2.45, 2.75) is 69.6 Å². The van der Waals surface area contributed by atoms with E-state index in [1.807, 2.05) is 0 Å². The minimum Gasteiger partial charge on any atom is -0.360 e. The van der Waals surface area contributed by atoms with Gasteiger partial charge in [0, 0.05) is 18.5 Å². The molecule has 1 saturated carbocycles. The molecule has 1 amide bonds. The van der Waals surface area contributed by atoms with Crippen LogP contribution in [0.5, 0.6) is 0 Å². The summed E-state index contributed by atoms with van der Waals surface area (Å²) < 4.78 is 7.31. The Balaban J connectivity index is 1.75. The molecule has 28 heavy (non-hydrogen) atoms. The van der Waals surface area contributed by atoms with Crippen molar-refractivity contribution in [1.82, 2.24) is 19.9 Å². The molecule has 0 saturated heterocycles. The largest absolute Gasteiger partial charge is 0.360 e. The smallest absolute Gasteiger partial charge is 0.236 e. The van der Waals surface area contributed by atoms with Gasteiger partial charge in [-0.25, -0.2) is 0 Å². The zero-order chi connectivity index (χ0) is 20.1. The third kappa shape index (κ3) is 4.94. The highest BCUT2D eigenvalue weighted by Crippen LogP contribution is 2.34. The molecule has 1 aliphatic rings. The fourth-order valence-corrected chi connectivity index (χ4v) is 4.70. The van der Waals surface area contributed by atoms with Crippen LogP contribution in [0.1, 0.15) is 69.1 Å². The van der Waals surface area contributed by atoms with Crippen molar-refractivity contribution in [2.75, 3.05) is 25.2 Å². The maximum atomic E-state index is 12.3. The van der Waals surface area contributed by atoms with Crippen LogP contribution in [0.2, 0.25) is 0 Å². The van der Waals surface area contributed by atoms with Gasteiger partial charge in [-0.1, -0.05) is 43.1 Å². The Bertz CT molecular complexity index is 781. The van der Waals surface area contributed by atoms with Crippen LogP contribution in [0.3, 0.4) is 0 Å². The molecule has 2 aromatic rings. The highest BCUT2D eigenvalue weighted by molar-refractivity contribution is 7.99. The van der Waals surface area contributed by atoms with E-state index in [0.29, 0.717) is 23.7 Å². The van der Waals surface area contributed by atoms with Gasteiger partial charge in [-0.3, -0.25) is 9.36 Å². The molecule has 0 aliphatic heterocycles. The molecule has 0 aromatic carbocycles. The van der Waals surface area contributed by atoms with Gasteiger partial charge in [0.25, 0.3) is 0 Å². The second-order valence-corrected chi connectivity index (χ2v) is 8.64. The molecule has 3 rings (SSSR count). The lowest BCUT2D eigenvalue weighted by Gasteiger charge is -2.28. The maximum Gasteiger partial charge on any atom is 0.236 e. The molecule has 2 aromatic heterocycles. The molecule has 2 heterocycles. The first kappa shape index (κ1) is 20.9. The third-order valence-electron chi connectivity index (χ3n) is 5.28. The van der Waals surface area contributed by atoms with Crippen molar-refractivity contribution >= 4 is 23.5 Å². The first-order valence-electron chi connectivity index (χ1n) is 10.1. The zero-order valence-electron chi connectivity index (χ0n) is 17.2. The van der Waals surface area contributed by atoms with E-state index in [4.69, 9.17) is 4.52 Å². The van der Waals surface area contributed by atoms with Crippen LogP contribution in [0, 0.1) is 6.92 Å². The van der Waals surface area contributed by atoms with Gasteiger partial charge in [0.1, 0.15) is 11.8 Å². The van der Waals surface area contributed by atoms with E-state index in [0.717, 1.165) is 30.2 Å². The summed E-state index contributed by atoms with van der Waals surface area (Å²) in [6.45, 7) is 3.99. The summed E-state index contributed by atoms with van der Waals surface area (Å²) in [5.74, 6) is 2.30. The Kier molecular flexibility index (Phi) is 7.12. The Hall–Kier alpha value is -1.87. The Morgan fingerprint density at radius 3 is 2.71 bits per heavy atom. The van der Waals surface area contributed by atoms with E-state index in [2.05, 4.69) is 46.3 Å². The van der Waals surface area contributed by atoms with E-state index < -0.39 is 0 Å². The number of amides is 1. The molecular formula is C19H31N6O2S+. The van der Waals surface area contributed by atoms with E-state index in [1.54, 1.807) is 13.0 Å². The topological polar surface area (TPSA) is 90.3 Å². The molecule has 154 valence electrons. The number of anilines is 1. The maximum absolute atomic E-state index is 12.3. The first-order valence-corrected chi connectivity index (χ1v) is 11.1. The van der Waals surface area contributed by atoms with Crippen LogP contribution in [0.4, 0.5) is 5.82 Å². The minimum atomic E-state index is -0.122. The number of thioether (sulfide) groups is 1. The van der Waals surface area contributed by atoms with Crippen molar-refractivity contribution in [3.8, 4) is 0 Å². The number of rotatable bonds is 8. The number of carbonyl (C=O) groups is 1. The van der Waals surface area contributed by atoms with Gasteiger partial charge in [-0.2, -0.15) is 0 Å². The summed E-state index contributed by atoms with van der Waals surface area (Å²) in [4.78, 5) is 13.7. The average Bonchev–Trinajstić information content (AvgIpc) is 3.27. The highest BCUT2D eigenvalue weighted by Gasteiger charge is 2.29. The molecular weight excluding hydrogens is 376 g/mol. The van der Waals surface area contributed by atoms with Crippen molar-refractivity contribution in [3.63, 3.8) is 0 Å². The van der Waals surface area contributed by atoms with Crippen LogP contribution in [-0.4, -0.2) is 45.7 Å². The number of hydrogen-bond donors (Lipinski definition) is 2. The normalized spacial score (nSPS) is 16.5. The van der Waals surface area contributed by atoms with Gasteiger partial charge in [-0.15, -0.1) is 10.2 Å². The standard InChI is InChI=1S/C19H30N6O2S/c1-5-15(24(3)4)18-21-22-19(25(18)14-9-7-6-8-10-14)28-12-17(26)20-16-11-13(2)27-23-16/h11,14-15H,5-10,12H2,1-4H3,(H,20,23,26)/p+1/t15-/m1/s1. The number of hydrogen-bond acceptors (Lipinski definition) is 6. The molecule has 1 atom stereocenters. The summed E-state index contributed by atoms with van der Waals surface area (Å²) in [6.07, 6.45) is 7.09. The molecule has 0 spiro atoms. The molecule has 0 unspecified atom stereocenters. The van der Waals surface area contributed by atoms with Gasteiger partial charge >= 0.3 is 0 Å². The van der Waals surface area contributed by atoms with Crippen LogP contribution in [0.15, 0.2) is 15.7 Å². The number of carbonyl (C=O) groups excluding carboxylic acids is 1. The third-order valence-corrected chi connectivity index (χ3v) is 6.22. The lowest BCUT2D eigenvalue weighted by atomic mass is 9.95. The van der Waals surface area contributed by atoms with Crippen molar-refractivity contribution in [3.05, 3.63) is 17.7 Å². The number of quaternary nitrogens is 1. The Labute approximate surface area is 170 Å². The fourth-order valence-electron chi connectivity index (χ4n) is 3.89. The van der Waals surface area contributed by atoms with Gasteiger partial charge < -0.3 is 14.7 Å². The lowest BCUT2D eigenvalue weighted by Crippen LogP contribution is -3.06. The quantitative estimate of drug-likeness (QED) is 0.653. The van der Waals surface area contributed by atoms with E-state index in [1.165, 1.54) is 35.9 Å². The van der Waals surface area contributed by atoms with Gasteiger partial charge in [0.2, 0.25) is 5.91 Å². The number of nitrogens with zero attached hydrogens (tertiary/aromatic N) is 4. The molecule has 8 nitrogen and oxygen atoms in total. The summed E-state index contributed by atoms with van der Waals surface area (Å²) >= 11 is 1.44. The van der Waals surface area contributed by atoms with Crippen molar-refractivity contribution < 1.29 is 14.2 Å². The monoisotopic (exact) mass is 407 g/mol. The second kappa shape index (κ2) is 9.56. The van der Waals surface area contributed by atoms with Crippen LogP contribution in [0.25, 0.3) is 0 Å². The van der Waals surface area contributed by atoms with Crippen LogP contribution in [-0.2, 0) is 4.79 Å². The van der Waals surface area contributed by atoms with Gasteiger partial charge in [-0.05, 0) is 19.8 Å². The molecule has 1 fully saturated rings. The van der Waals surface area contributed by atoms with Crippen LogP contribution >= 0.6 is 11.8 Å². The van der Waals surface area contributed by atoms with Crippen LogP contribution < -0.4 is 10.2 Å². The molecule has 0 bridgehead atoms. The highest BCUT2D eigenvalue weighted by atomic mass is 32.2. The molecule has 0 radical (unpaired) electrons. The molecule has 9 heteroatoms. The average molecular weight is 408 g/mol. The fraction of sp³-hybridized carbons (Fsp3) is 0.684. The summed E-state index contributed by atoms with van der Waals surface area (Å²) in [5, 5.41) is 16.4. The minimum absolute atomic E-state index is 0.122. The zero-order valence-corrected chi connectivity index (χ0v) is 18.0. The lowest BCUT2D eigenvalue weighted by molar-refractivity contribution is -0.893. The van der Waals surface area contributed by atoms with Crippen molar-refractivity contribution in [1.29, 1.82) is 0 Å². The van der Waals surface area contributed by atoms with Gasteiger partial charge in [0.15, 0.2) is 16.8 Å². The summed E-state index contributed by atoms with van der Waals surface area (Å²) in [5.41, 5.74) is 0. The predicted molar refractivity (Wildman–Crippen MR) is 109 cm³/mol. The Morgan fingerprint density at radius 1 is 1.36 bits per heavy atom. The second-order valence-electron chi connectivity index (χ2n) is 7.70. The van der Waals surface area contributed by atoms with E-state index in [9.17, 15) is 4.79 Å². The summed E-state index contributed by atoms with van der Waals surface area (Å²) in [6, 6.07) is 2.43. The number of nitrogens with one attached hydrogen (secondary N) is 2. The number of aryl methyl sites for hydroxylation is 1. The number of aromatic nitrogens is 4. The van der Waals surface area contributed by atoms with Crippen molar-refractivity contribution in [2.24, 2.45) is 0 Å². The molecule has 2 N–H and O–H groups in total. The SMILES string of the molecule is CC[C@H](c1nnc(SCC(=O)Nc2cc(C)on2)n1C1CCCCC1)[NH+](C)C. The summed E-state index contributed by atoms with van der Waals surface area (Å²) in [7, 11) is 4.32. The van der Waals surface area contributed by atoms with Gasteiger partial charge in [0.05, 0.1) is 19.8 Å². The Morgan fingerprint density at radius 2 is 2.11 bits per heavy atom. The first-order chi connectivity index (χ1) is 13.5. The van der Waals surface area contributed by atoms with E-state index in [-0.39, 0.29) is 11.7 Å². The molecule has 1 aliphatic carbocycles.